The molecule has 0 saturated carbocycles. The lowest BCUT2D eigenvalue weighted by molar-refractivity contribution is 0.0688. The van der Waals surface area contributed by atoms with Gasteiger partial charge in [0.05, 0.1) is 10.2 Å². The van der Waals surface area contributed by atoms with Crippen molar-refractivity contribution in [3.63, 3.8) is 0 Å². The topological polar surface area (TPSA) is 54.6 Å². The van der Waals surface area contributed by atoms with E-state index < -0.39 is 5.97 Å². The number of aromatic nitrogens is 2. The van der Waals surface area contributed by atoms with Crippen LogP contribution in [0.15, 0.2) is 21.2 Å². The third kappa shape index (κ3) is 1.76. The molecule has 0 aromatic carbocycles. The van der Waals surface area contributed by atoms with Crippen molar-refractivity contribution in [3.05, 3.63) is 32.6 Å². The number of hydrogen-bond donors (Lipinski definition) is 1. The van der Waals surface area contributed by atoms with E-state index in [2.05, 4.69) is 36.8 Å². The van der Waals surface area contributed by atoms with Crippen LogP contribution in [0.3, 0.4) is 0 Å². The summed E-state index contributed by atoms with van der Waals surface area (Å²) >= 11 is 6.69. The number of fused-ring (bicyclic) bond motifs is 1. The summed E-state index contributed by atoms with van der Waals surface area (Å²) in [6, 6.07) is 1.84. The van der Waals surface area contributed by atoms with Crippen molar-refractivity contribution in [1.82, 2.24) is 9.38 Å². The quantitative estimate of drug-likeness (QED) is 0.908. The van der Waals surface area contributed by atoms with Gasteiger partial charge in [-0.2, -0.15) is 0 Å². The molecule has 2 heterocycles. The van der Waals surface area contributed by atoms with E-state index >= 15 is 0 Å². The Morgan fingerprint density at radius 2 is 2.25 bits per heavy atom. The summed E-state index contributed by atoms with van der Waals surface area (Å²) in [6.45, 7) is 1.89. The summed E-state index contributed by atoms with van der Waals surface area (Å²) in [5.74, 6) is -0.964. The standard InChI is InChI=1S/C10H8Br2N2O2/c1-2-7-8(10(15)16)14-4-5(11)3-6(12)9(14)13-7/h3-4H,2H2,1H3,(H,15,16). The molecule has 2 aromatic rings. The lowest BCUT2D eigenvalue weighted by Crippen LogP contribution is -2.04. The minimum absolute atomic E-state index is 0.222. The minimum atomic E-state index is -0.964. The van der Waals surface area contributed by atoms with Gasteiger partial charge < -0.3 is 5.11 Å². The maximum atomic E-state index is 11.2. The van der Waals surface area contributed by atoms with E-state index in [1.807, 2.05) is 13.0 Å². The maximum Gasteiger partial charge on any atom is 0.354 e. The minimum Gasteiger partial charge on any atom is -0.477 e. The number of aryl methyl sites for hydroxylation is 1. The highest BCUT2D eigenvalue weighted by Gasteiger charge is 2.18. The second-order valence-corrected chi connectivity index (χ2v) is 5.04. The normalized spacial score (nSPS) is 10.9. The number of carboxylic acid groups (broad SMARTS) is 1. The van der Waals surface area contributed by atoms with Crippen LogP contribution in [0.2, 0.25) is 0 Å². The maximum absolute atomic E-state index is 11.2. The molecule has 0 aliphatic heterocycles. The van der Waals surface area contributed by atoms with Gasteiger partial charge in [-0.15, -0.1) is 0 Å². The highest BCUT2D eigenvalue weighted by atomic mass is 79.9. The van der Waals surface area contributed by atoms with Crippen LogP contribution in [-0.4, -0.2) is 20.5 Å². The fourth-order valence-electron chi connectivity index (χ4n) is 1.59. The zero-order valence-corrected chi connectivity index (χ0v) is 11.5. The Bertz CT molecular complexity index is 578. The van der Waals surface area contributed by atoms with Crippen LogP contribution >= 0.6 is 31.9 Å². The first-order valence-corrected chi connectivity index (χ1v) is 6.22. The molecule has 0 radical (unpaired) electrons. The summed E-state index contributed by atoms with van der Waals surface area (Å²) < 4.78 is 3.15. The Morgan fingerprint density at radius 1 is 1.56 bits per heavy atom. The Kier molecular flexibility index (Phi) is 3.03. The van der Waals surface area contributed by atoms with Crippen molar-refractivity contribution in [2.45, 2.75) is 13.3 Å². The van der Waals surface area contributed by atoms with Gasteiger partial charge in [0.2, 0.25) is 0 Å². The van der Waals surface area contributed by atoms with Crippen molar-refractivity contribution < 1.29 is 9.90 Å². The summed E-state index contributed by atoms with van der Waals surface area (Å²) in [5, 5.41) is 9.17. The SMILES string of the molecule is CCc1nc2c(Br)cc(Br)cn2c1C(=O)O. The molecule has 2 aromatic heterocycles. The molecule has 1 N–H and O–H groups in total. The fraction of sp³-hybridized carbons (Fsp3) is 0.200. The van der Waals surface area contributed by atoms with Gasteiger partial charge in [0, 0.05) is 10.7 Å². The van der Waals surface area contributed by atoms with Gasteiger partial charge in [0.25, 0.3) is 0 Å². The van der Waals surface area contributed by atoms with E-state index in [1.54, 1.807) is 10.6 Å². The predicted octanol–water partition coefficient (Wildman–Crippen LogP) is 3.12. The Labute approximate surface area is 109 Å². The van der Waals surface area contributed by atoms with Crippen LogP contribution in [0.4, 0.5) is 0 Å². The zero-order valence-electron chi connectivity index (χ0n) is 8.37. The fourth-order valence-corrected chi connectivity index (χ4v) is 2.86. The Morgan fingerprint density at radius 3 is 2.81 bits per heavy atom. The summed E-state index contributed by atoms with van der Waals surface area (Å²) in [4.78, 5) is 15.5. The first-order valence-electron chi connectivity index (χ1n) is 4.64. The van der Waals surface area contributed by atoms with E-state index in [9.17, 15) is 9.90 Å². The number of rotatable bonds is 2. The molecule has 0 aliphatic carbocycles. The zero-order chi connectivity index (χ0) is 11.9. The first-order chi connectivity index (χ1) is 7.54. The molecule has 0 aliphatic rings. The lowest BCUT2D eigenvalue weighted by Gasteiger charge is -2.00. The molecule has 84 valence electrons. The predicted molar refractivity (Wildman–Crippen MR) is 66.9 cm³/mol. The highest BCUT2D eigenvalue weighted by molar-refractivity contribution is 9.11. The average molecular weight is 348 g/mol. The van der Waals surface area contributed by atoms with Crippen LogP contribution < -0.4 is 0 Å². The molecule has 0 spiro atoms. The molecule has 0 amide bonds. The van der Waals surface area contributed by atoms with Crippen molar-refractivity contribution >= 4 is 43.5 Å². The molecule has 0 fully saturated rings. The molecule has 16 heavy (non-hydrogen) atoms. The van der Waals surface area contributed by atoms with Gasteiger partial charge >= 0.3 is 5.97 Å². The number of pyridine rings is 1. The van der Waals surface area contributed by atoms with Crippen molar-refractivity contribution in [2.75, 3.05) is 0 Å². The summed E-state index contributed by atoms with van der Waals surface area (Å²) in [6.07, 6.45) is 2.29. The molecule has 0 saturated heterocycles. The molecule has 0 bridgehead atoms. The second-order valence-electron chi connectivity index (χ2n) is 3.27. The molecule has 0 unspecified atom stereocenters. The number of halogens is 2. The first kappa shape index (κ1) is 11.6. The van der Waals surface area contributed by atoms with E-state index in [0.29, 0.717) is 17.8 Å². The number of aromatic carboxylic acids is 1. The Balaban J connectivity index is 2.89. The van der Waals surface area contributed by atoms with Gasteiger partial charge in [0.15, 0.2) is 11.3 Å². The highest BCUT2D eigenvalue weighted by Crippen LogP contribution is 2.25. The number of imidazole rings is 1. The molecule has 6 heteroatoms. The smallest absolute Gasteiger partial charge is 0.354 e. The van der Waals surface area contributed by atoms with Gasteiger partial charge in [-0.05, 0) is 44.3 Å². The van der Waals surface area contributed by atoms with E-state index in [1.165, 1.54) is 0 Å². The monoisotopic (exact) mass is 346 g/mol. The van der Waals surface area contributed by atoms with Crippen LogP contribution in [0.5, 0.6) is 0 Å². The summed E-state index contributed by atoms with van der Waals surface area (Å²) in [7, 11) is 0. The van der Waals surface area contributed by atoms with Gasteiger partial charge in [-0.25, -0.2) is 9.78 Å². The van der Waals surface area contributed by atoms with E-state index in [-0.39, 0.29) is 5.69 Å². The number of carboxylic acids is 1. The van der Waals surface area contributed by atoms with E-state index in [0.717, 1.165) is 8.95 Å². The molecule has 4 nitrogen and oxygen atoms in total. The van der Waals surface area contributed by atoms with Crippen LogP contribution in [0.1, 0.15) is 23.1 Å². The molecular formula is C10H8Br2N2O2. The van der Waals surface area contributed by atoms with Crippen molar-refractivity contribution in [1.29, 1.82) is 0 Å². The number of carbonyl (C=O) groups is 1. The van der Waals surface area contributed by atoms with Crippen LogP contribution in [0.25, 0.3) is 5.65 Å². The van der Waals surface area contributed by atoms with Crippen molar-refractivity contribution in [2.24, 2.45) is 0 Å². The molecular weight excluding hydrogens is 340 g/mol. The second kappa shape index (κ2) is 4.18. The third-order valence-electron chi connectivity index (χ3n) is 2.25. The lowest BCUT2D eigenvalue weighted by atomic mass is 10.2. The van der Waals surface area contributed by atoms with Gasteiger partial charge in [0.1, 0.15) is 0 Å². The van der Waals surface area contributed by atoms with E-state index in [4.69, 9.17) is 0 Å². The molecule has 2 rings (SSSR count). The van der Waals surface area contributed by atoms with Gasteiger partial charge in [-0.3, -0.25) is 4.40 Å². The number of nitrogens with zero attached hydrogens (tertiary/aromatic N) is 2. The number of hydrogen-bond acceptors (Lipinski definition) is 2. The van der Waals surface area contributed by atoms with Gasteiger partial charge in [-0.1, -0.05) is 6.92 Å². The Hall–Kier alpha value is -0.880. The largest absolute Gasteiger partial charge is 0.477 e. The molecule has 0 atom stereocenters. The summed E-state index contributed by atoms with van der Waals surface area (Å²) in [5.41, 5.74) is 1.43. The van der Waals surface area contributed by atoms with Crippen LogP contribution in [-0.2, 0) is 6.42 Å². The third-order valence-corrected chi connectivity index (χ3v) is 3.27. The average Bonchev–Trinajstić information content (AvgIpc) is 2.56. The van der Waals surface area contributed by atoms with Crippen LogP contribution in [0, 0.1) is 0 Å². The van der Waals surface area contributed by atoms with Crippen molar-refractivity contribution in [3.8, 4) is 0 Å².